The topological polar surface area (TPSA) is 47.6 Å². The third kappa shape index (κ3) is 7.62. The van der Waals surface area contributed by atoms with Crippen molar-refractivity contribution in [2.45, 2.75) is 20.8 Å². The van der Waals surface area contributed by atoms with Crippen molar-refractivity contribution in [3.63, 3.8) is 0 Å². The van der Waals surface area contributed by atoms with E-state index in [1.165, 1.54) is 6.20 Å². The Bertz CT molecular complexity index is 323. The van der Waals surface area contributed by atoms with Crippen molar-refractivity contribution >= 4 is 6.21 Å². The molecule has 0 saturated carbocycles. The summed E-state index contributed by atoms with van der Waals surface area (Å²) in [5.41, 5.74) is 6.55. The first-order valence-electron chi connectivity index (χ1n) is 5.22. The van der Waals surface area contributed by atoms with Crippen molar-refractivity contribution in [1.82, 2.24) is 0 Å². The highest BCUT2D eigenvalue weighted by Crippen LogP contribution is 2.02. The number of allylic oxidation sites excluding steroid dienone is 4. The predicted octanol–water partition coefficient (Wildman–Crippen LogP) is 2.93. The largest absolute Gasteiger partial charge is 0.488 e. The second kappa shape index (κ2) is 9.77. The highest BCUT2D eigenvalue weighted by atomic mass is 16.5. The zero-order valence-corrected chi connectivity index (χ0v) is 10.2. The van der Waals surface area contributed by atoms with Crippen LogP contribution < -0.4 is 5.73 Å². The summed E-state index contributed by atoms with van der Waals surface area (Å²) >= 11 is 0. The molecule has 0 spiro atoms. The number of nitrogens with two attached hydrogens (primary N) is 1. The highest BCUT2D eigenvalue weighted by molar-refractivity contribution is 5.54. The maximum absolute atomic E-state index is 5.47. The monoisotopic (exact) mass is 220 g/mol. The molecular weight excluding hydrogens is 200 g/mol. The molecule has 0 aromatic heterocycles. The Hall–Kier alpha value is -1.77. The fourth-order valence-corrected chi connectivity index (χ4v) is 0.860. The molecule has 16 heavy (non-hydrogen) atoms. The molecule has 0 aliphatic carbocycles. The van der Waals surface area contributed by atoms with Crippen LogP contribution in [0.25, 0.3) is 0 Å². The molecule has 0 radical (unpaired) electrons. The van der Waals surface area contributed by atoms with Gasteiger partial charge in [0.25, 0.3) is 0 Å². The lowest BCUT2D eigenvalue weighted by Crippen LogP contribution is -1.97. The summed E-state index contributed by atoms with van der Waals surface area (Å²) in [4.78, 5) is 3.93. The zero-order chi connectivity index (χ0) is 12.2. The average molecular weight is 220 g/mol. The van der Waals surface area contributed by atoms with Gasteiger partial charge in [0.1, 0.15) is 12.4 Å². The van der Waals surface area contributed by atoms with Crippen LogP contribution >= 0.6 is 0 Å². The molecule has 0 aromatic carbocycles. The summed E-state index contributed by atoms with van der Waals surface area (Å²) in [6, 6.07) is 0. The molecule has 88 valence electrons. The van der Waals surface area contributed by atoms with Crippen LogP contribution in [0.2, 0.25) is 0 Å². The minimum atomic E-state index is 0.521. The fourth-order valence-electron chi connectivity index (χ4n) is 0.860. The molecule has 0 rings (SSSR count). The molecule has 0 atom stereocenters. The van der Waals surface area contributed by atoms with E-state index in [9.17, 15) is 0 Å². The van der Waals surface area contributed by atoms with Crippen LogP contribution in [-0.2, 0) is 4.74 Å². The molecular formula is C13H20N2O. The molecule has 2 N–H and O–H groups in total. The van der Waals surface area contributed by atoms with Crippen LogP contribution in [0, 0.1) is 0 Å². The number of ether oxygens (including phenoxy) is 1. The van der Waals surface area contributed by atoms with Gasteiger partial charge in [0.05, 0.1) is 0 Å². The van der Waals surface area contributed by atoms with Crippen molar-refractivity contribution in [1.29, 1.82) is 0 Å². The zero-order valence-electron chi connectivity index (χ0n) is 10.2. The van der Waals surface area contributed by atoms with Gasteiger partial charge in [-0.3, -0.25) is 4.99 Å². The maximum Gasteiger partial charge on any atom is 0.136 e. The first-order valence-corrected chi connectivity index (χ1v) is 5.22. The van der Waals surface area contributed by atoms with Gasteiger partial charge in [-0.05, 0) is 32.4 Å². The average Bonchev–Trinajstić information content (AvgIpc) is 2.31. The van der Waals surface area contributed by atoms with Gasteiger partial charge in [0.2, 0.25) is 0 Å². The Labute approximate surface area is 97.7 Å². The van der Waals surface area contributed by atoms with Crippen LogP contribution in [-0.4, -0.2) is 12.8 Å². The first-order chi connectivity index (χ1) is 7.74. The molecule has 0 heterocycles. The van der Waals surface area contributed by atoms with E-state index < -0.39 is 0 Å². The SMILES string of the molecule is CC=N/C=C\C(=C\N)OC/C(C)=C/C=C\C. The van der Waals surface area contributed by atoms with E-state index in [1.54, 1.807) is 18.5 Å². The molecule has 3 nitrogen and oxygen atoms in total. The van der Waals surface area contributed by atoms with E-state index in [4.69, 9.17) is 10.5 Å². The van der Waals surface area contributed by atoms with Gasteiger partial charge in [-0.2, -0.15) is 0 Å². The van der Waals surface area contributed by atoms with E-state index in [0.29, 0.717) is 12.4 Å². The molecule has 0 unspecified atom stereocenters. The van der Waals surface area contributed by atoms with Gasteiger partial charge >= 0.3 is 0 Å². The number of aliphatic imine (C=N–C) groups is 1. The van der Waals surface area contributed by atoms with Gasteiger partial charge in [0.15, 0.2) is 0 Å². The first kappa shape index (κ1) is 14.2. The van der Waals surface area contributed by atoms with Crippen LogP contribution in [0.5, 0.6) is 0 Å². The molecule has 3 heteroatoms. The fraction of sp³-hybridized carbons (Fsp3) is 0.308. The van der Waals surface area contributed by atoms with Crippen LogP contribution in [0.3, 0.4) is 0 Å². The molecule has 0 amide bonds. The van der Waals surface area contributed by atoms with Crippen LogP contribution in [0.15, 0.2) is 53.0 Å². The van der Waals surface area contributed by atoms with Gasteiger partial charge in [-0.25, -0.2) is 0 Å². The minimum absolute atomic E-state index is 0.521. The molecule has 0 aliphatic rings. The van der Waals surface area contributed by atoms with E-state index in [0.717, 1.165) is 5.57 Å². The third-order valence-electron chi connectivity index (χ3n) is 1.68. The lowest BCUT2D eigenvalue weighted by atomic mass is 10.3. The van der Waals surface area contributed by atoms with Crippen molar-refractivity contribution in [2.75, 3.05) is 6.61 Å². The van der Waals surface area contributed by atoms with Gasteiger partial charge in [-0.1, -0.05) is 18.2 Å². The third-order valence-corrected chi connectivity index (χ3v) is 1.68. The van der Waals surface area contributed by atoms with E-state index in [2.05, 4.69) is 4.99 Å². The summed E-state index contributed by atoms with van der Waals surface area (Å²) in [5.74, 6) is 0.610. The Kier molecular flexibility index (Phi) is 8.69. The number of rotatable bonds is 6. The summed E-state index contributed by atoms with van der Waals surface area (Å²) in [6.45, 7) is 6.35. The maximum atomic E-state index is 5.47. The van der Waals surface area contributed by atoms with Gasteiger partial charge in [0, 0.05) is 18.6 Å². The lowest BCUT2D eigenvalue weighted by molar-refractivity contribution is 0.252. The quantitative estimate of drug-likeness (QED) is 0.425. The Morgan fingerprint density at radius 3 is 2.69 bits per heavy atom. The predicted molar refractivity (Wildman–Crippen MR) is 70.1 cm³/mol. The normalized spacial score (nSPS) is 14.4. The molecule has 0 aliphatic heterocycles. The van der Waals surface area contributed by atoms with E-state index >= 15 is 0 Å². The Morgan fingerprint density at radius 1 is 1.38 bits per heavy atom. The number of hydrogen-bond acceptors (Lipinski definition) is 3. The number of nitrogens with zero attached hydrogens (tertiary/aromatic N) is 1. The molecule has 0 bridgehead atoms. The van der Waals surface area contributed by atoms with Crippen molar-refractivity contribution in [3.05, 3.63) is 48.0 Å². The van der Waals surface area contributed by atoms with Crippen LogP contribution in [0.1, 0.15) is 20.8 Å². The summed E-state index contributed by atoms with van der Waals surface area (Å²) in [5, 5.41) is 0. The number of hydrogen-bond donors (Lipinski definition) is 1. The summed E-state index contributed by atoms with van der Waals surface area (Å²) in [6.07, 6.45) is 12.4. The second-order valence-corrected chi connectivity index (χ2v) is 3.12. The summed E-state index contributed by atoms with van der Waals surface area (Å²) < 4.78 is 5.47. The second-order valence-electron chi connectivity index (χ2n) is 3.12. The molecule has 0 fully saturated rings. The van der Waals surface area contributed by atoms with Crippen molar-refractivity contribution in [2.24, 2.45) is 10.7 Å². The lowest BCUT2D eigenvalue weighted by Gasteiger charge is -2.05. The van der Waals surface area contributed by atoms with E-state index in [1.807, 2.05) is 39.0 Å². The highest BCUT2D eigenvalue weighted by Gasteiger charge is 1.92. The summed E-state index contributed by atoms with van der Waals surface area (Å²) in [7, 11) is 0. The molecule has 0 aromatic rings. The van der Waals surface area contributed by atoms with Gasteiger partial charge in [-0.15, -0.1) is 0 Å². The molecule has 0 saturated heterocycles. The Balaban J connectivity index is 4.16. The van der Waals surface area contributed by atoms with Crippen LogP contribution in [0.4, 0.5) is 0 Å². The Morgan fingerprint density at radius 2 is 2.12 bits per heavy atom. The minimum Gasteiger partial charge on any atom is -0.488 e. The van der Waals surface area contributed by atoms with Crippen molar-refractivity contribution in [3.8, 4) is 0 Å². The standard InChI is InChI=1S/C13H20N2O/c1-4-6-7-12(3)11-16-13(10-14)8-9-15-5-2/h4-10H,11,14H2,1-3H3/b6-4-,9-8-,12-7+,13-10-,15-5?. The smallest absolute Gasteiger partial charge is 0.136 e. The van der Waals surface area contributed by atoms with E-state index in [-0.39, 0.29) is 0 Å². The van der Waals surface area contributed by atoms with Gasteiger partial charge < -0.3 is 10.5 Å². The van der Waals surface area contributed by atoms with Crippen molar-refractivity contribution < 1.29 is 4.74 Å².